The van der Waals surface area contributed by atoms with Gasteiger partial charge in [-0.25, -0.2) is 14.6 Å². The Morgan fingerprint density at radius 3 is 2.61 bits per heavy atom. The summed E-state index contributed by atoms with van der Waals surface area (Å²) in [6.07, 6.45) is 0. The summed E-state index contributed by atoms with van der Waals surface area (Å²) in [5.74, 6) is -0.252. The highest BCUT2D eigenvalue weighted by atomic mass is 35.5. The Labute approximate surface area is 200 Å². The SMILES string of the molecule is CCOC(=O)C1=C(COc2c(Cl)cc(Cl)c3ccc(C)nc23)NC(=O)N[C@H]1c1ccccc1. The summed E-state index contributed by atoms with van der Waals surface area (Å²) in [7, 11) is 0. The largest absolute Gasteiger partial charge is 0.483 e. The van der Waals surface area contributed by atoms with Crippen LogP contribution in [0.4, 0.5) is 4.79 Å². The van der Waals surface area contributed by atoms with Gasteiger partial charge in [-0.15, -0.1) is 0 Å². The van der Waals surface area contributed by atoms with Gasteiger partial charge in [-0.2, -0.15) is 0 Å². The zero-order chi connectivity index (χ0) is 23.5. The van der Waals surface area contributed by atoms with Crippen molar-refractivity contribution >= 4 is 46.1 Å². The third-order valence-corrected chi connectivity index (χ3v) is 5.71. The van der Waals surface area contributed by atoms with E-state index in [1.807, 2.05) is 49.4 Å². The van der Waals surface area contributed by atoms with Gasteiger partial charge in [-0.1, -0.05) is 53.5 Å². The van der Waals surface area contributed by atoms with Gasteiger partial charge in [0.2, 0.25) is 0 Å². The molecule has 2 amide bonds. The fourth-order valence-corrected chi connectivity index (χ4v) is 4.22. The molecule has 0 saturated heterocycles. The minimum absolute atomic E-state index is 0.142. The number of ether oxygens (including phenoxy) is 2. The number of carbonyl (C=O) groups excluding carboxylic acids is 2. The average molecular weight is 486 g/mol. The van der Waals surface area contributed by atoms with Gasteiger partial charge in [0.15, 0.2) is 5.75 Å². The Morgan fingerprint density at radius 2 is 1.88 bits per heavy atom. The molecule has 170 valence electrons. The van der Waals surface area contributed by atoms with Crippen LogP contribution in [0.5, 0.6) is 5.75 Å². The van der Waals surface area contributed by atoms with Crippen LogP contribution < -0.4 is 15.4 Å². The third kappa shape index (κ3) is 4.74. The van der Waals surface area contributed by atoms with Crippen molar-refractivity contribution in [3.05, 3.63) is 81.1 Å². The topological polar surface area (TPSA) is 89.6 Å². The summed E-state index contributed by atoms with van der Waals surface area (Å²) in [6, 6.07) is 13.3. The maximum Gasteiger partial charge on any atom is 0.338 e. The maximum atomic E-state index is 12.9. The van der Waals surface area contributed by atoms with Crippen molar-refractivity contribution in [2.45, 2.75) is 19.9 Å². The molecule has 2 N–H and O–H groups in total. The van der Waals surface area contributed by atoms with Crippen molar-refractivity contribution in [3.8, 4) is 5.75 Å². The van der Waals surface area contributed by atoms with Gasteiger partial charge in [-0.3, -0.25) is 0 Å². The Morgan fingerprint density at radius 1 is 1.12 bits per heavy atom. The van der Waals surface area contributed by atoms with Crippen molar-refractivity contribution in [2.24, 2.45) is 0 Å². The Kier molecular flexibility index (Phi) is 6.72. The van der Waals surface area contributed by atoms with E-state index in [0.717, 1.165) is 11.3 Å². The van der Waals surface area contributed by atoms with Crippen molar-refractivity contribution in [1.82, 2.24) is 15.6 Å². The maximum absolute atomic E-state index is 12.9. The van der Waals surface area contributed by atoms with E-state index in [1.54, 1.807) is 13.0 Å². The Hall–Kier alpha value is -3.29. The van der Waals surface area contributed by atoms with Crippen molar-refractivity contribution in [3.63, 3.8) is 0 Å². The molecule has 7 nitrogen and oxygen atoms in total. The van der Waals surface area contributed by atoms with Crippen molar-refractivity contribution in [2.75, 3.05) is 13.2 Å². The number of aryl methyl sites for hydroxylation is 1. The molecule has 0 spiro atoms. The molecule has 0 bridgehead atoms. The summed E-state index contributed by atoms with van der Waals surface area (Å²) in [4.78, 5) is 29.9. The van der Waals surface area contributed by atoms with Crippen molar-refractivity contribution < 1.29 is 19.1 Å². The summed E-state index contributed by atoms with van der Waals surface area (Å²) in [5, 5.41) is 6.86. The lowest BCUT2D eigenvalue weighted by molar-refractivity contribution is -0.139. The van der Waals surface area contributed by atoms with Gasteiger partial charge < -0.3 is 20.1 Å². The van der Waals surface area contributed by atoms with Gasteiger partial charge in [0.1, 0.15) is 12.1 Å². The number of nitrogens with zero attached hydrogens (tertiary/aromatic N) is 1. The molecule has 1 aliphatic rings. The van der Waals surface area contributed by atoms with Gasteiger partial charge in [-0.05, 0) is 37.6 Å². The van der Waals surface area contributed by atoms with Crippen LogP contribution in [0.25, 0.3) is 10.9 Å². The number of pyridine rings is 1. The highest BCUT2D eigenvalue weighted by Gasteiger charge is 2.34. The second-order valence-corrected chi connectivity index (χ2v) is 8.18. The number of carbonyl (C=O) groups is 2. The molecule has 0 unspecified atom stereocenters. The van der Waals surface area contributed by atoms with Crippen LogP contribution in [0, 0.1) is 6.92 Å². The second-order valence-electron chi connectivity index (χ2n) is 7.36. The molecule has 0 saturated carbocycles. The van der Waals surface area contributed by atoms with Crippen LogP contribution in [0.2, 0.25) is 10.0 Å². The first-order valence-electron chi connectivity index (χ1n) is 10.3. The van der Waals surface area contributed by atoms with Crippen molar-refractivity contribution in [1.29, 1.82) is 0 Å². The highest BCUT2D eigenvalue weighted by Crippen LogP contribution is 2.38. The van der Waals surface area contributed by atoms with Gasteiger partial charge in [0.05, 0.1) is 34.0 Å². The molecule has 1 atom stereocenters. The molecule has 9 heteroatoms. The molecular weight excluding hydrogens is 465 g/mol. The van der Waals surface area contributed by atoms with Crippen LogP contribution in [-0.2, 0) is 9.53 Å². The van der Waals surface area contributed by atoms with E-state index in [9.17, 15) is 9.59 Å². The normalized spacial score (nSPS) is 15.8. The number of amides is 2. The molecule has 4 rings (SSSR count). The quantitative estimate of drug-likeness (QED) is 0.474. The first-order valence-corrected chi connectivity index (χ1v) is 11.1. The fourth-order valence-electron chi connectivity index (χ4n) is 3.65. The summed E-state index contributed by atoms with van der Waals surface area (Å²) >= 11 is 12.7. The monoisotopic (exact) mass is 485 g/mol. The fraction of sp³-hybridized carbons (Fsp3) is 0.208. The first kappa shape index (κ1) is 22.9. The number of nitrogens with one attached hydrogen (secondary N) is 2. The molecule has 2 aromatic carbocycles. The molecule has 3 aromatic rings. The zero-order valence-corrected chi connectivity index (χ0v) is 19.5. The van der Waals surface area contributed by atoms with Gasteiger partial charge >= 0.3 is 12.0 Å². The number of urea groups is 1. The molecule has 33 heavy (non-hydrogen) atoms. The third-order valence-electron chi connectivity index (χ3n) is 5.12. The Balaban J connectivity index is 1.77. The van der Waals surface area contributed by atoms with E-state index in [1.165, 1.54) is 0 Å². The number of fused-ring (bicyclic) bond motifs is 1. The molecule has 0 aliphatic carbocycles. The Bertz CT molecular complexity index is 1260. The van der Waals surface area contributed by atoms with Crippen LogP contribution in [0.15, 0.2) is 59.8 Å². The van der Waals surface area contributed by atoms with Gasteiger partial charge in [0, 0.05) is 11.1 Å². The van der Waals surface area contributed by atoms with E-state index in [2.05, 4.69) is 15.6 Å². The predicted molar refractivity (Wildman–Crippen MR) is 127 cm³/mol. The second kappa shape index (κ2) is 9.68. The van der Waals surface area contributed by atoms with Gasteiger partial charge in [0.25, 0.3) is 0 Å². The zero-order valence-electron chi connectivity index (χ0n) is 17.9. The van der Waals surface area contributed by atoms with Crippen LogP contribution in [0.1, 0.15) is 24.2 Å². The number of esters is 1. The van der Waals surface area contributed by atoms with E-state index in [0.29, 0.717) is 21.7 Å². The highest BCUT2D eigenvalue weighted by molar-refractivity contribution is 6.39. The number of rotatable bonds is 6. The molecular formula is C24H21Cl2N3O4. The number of aromatic nitrogens is 1. The first-order chi connectivity index (χ1) is 15.9. The van der Waals surface area contributed by atoms with Crippen LogP contribution >= 0.6 is 23.2 Å². The lowest BCUT2D eigenvalue weighted by Crippen LogP contribution is -2.47. The van der Waals surface area contributed by atoms with Crippen LogP contribution in [-0.4, -0.2) is 30.2 Å². The minimum Gasteiger partial charge on any atom is -0.483 e. The number of benzene rings is 2. The summed E-state index contributed by atoms with van der Waals surface area (Å²) < 4.78 is 11.3. The predicted octanol–water partition coefficient (Wildman–Crippen LogP) is 5.10. The number of hydrogen-bond donors (Lipinski definition) is 2. The molecule has 2 heterocycles. The average Bonchev–Trinajstić information content (AvgIpc) is 2.79. The van der Waals surface area contributed by atoms with E-state index in [4.69, 9.17) is 32.7 Å². The standard InChI is InChI=1S/C24H21Cl2N3O4/c1-3-32-23(30)19-18(28-24(31)29-20(19)14-7-5-4-6-8-14)12-33-22-17(26)11-16(25)15-10-9-13(2)27-21(15)22/h4-11,20H,3,12H2,1-2H3,(H2,28,29,31)/t20-/m0/s1. The minimum atomic E-state index is -0.699. The smallest absolute Gasteiger partial charge is 0.338 e. The van der Waals surface area contributed by atoms with E-state index >= 15 is 0 Å². The van der Waals surface area contributed by atoms with E-state index < -0.39 is 18.0 Å². The molecule has 1 aliphatic heterocycles. The summed E-state index contributed by atoms with van der Waals surface area (Å²) in [6.45, 7) is 3.60. The summed E-state index contributed by atoms with van der Waals surface area (Å²) in [5.41, 5.74) is 2.52. The lowest BCUT2D eigenvalue weighted by Gasteiger charge is -2.29. The number of hydrogen-bond acceptors (Lipinski definition) is 5. The molecule has 1 aromatic heterocycles. The van der Waals surface area contributed by atoms with Crippen LogP contribution in [0.3, 0.4) is 0 Å². The number of halogens is 2. The van der Waals surface area contributed by atoms with E-state index in [-0.39, 0.29) is 29.5 Å². The molecule has 0 radical (unpaired) electrons. The lowest BCUT2D eigenvalue weighted by atomic mass is 9.95. The molecule has 0 fully saturated rings.